The Bertz CT molecular complexity index is 678. The fourth-order valence-electron chi connectivity index (χ4n) is 1.69. The summed E-state index contributed by atoms with van der Waals surface area (Å²) in [7, 11) is 0. The van der Waals surface area contributed by atoms with Gasteiger partial charge in [-0.3, -0.25) is 10.1 Å². The molecule has 0 saturated heterocycles. The van der Waals surface area contributed by atoms with Gasteiger partial charge >= 0.3 is 11.6 Å². The van der Waals surface area contributed by atoms with Crippen LogP contribution in [0, 0.1) is 17.0 Å². The summed E-state index contributed by atoms with van der Waals surface area (Å²) in [4.78, 5) is 18.5. The maximum atomic E-state index is 11.3. The molecule has 0 aliphatic heterocycles. The fourth-order valence-corrected chi connectivity index (χ4v) is 2.03. The predicted octanol–water partition coefficient (Wildman–Crippen LogP) is 3.68. The van der Waals surface area contributed by atoms with E-state index < -0.39 is 4.92 Å². The van der Waals surface area contributed by atoms with E-state index in [2.05, 4.69) is 31.2 Å². The van der Waals surface area contributed by atoms with Crippen molar-refractivity contribution in [1.29, 1.82) is 0 Å². The molecule has 0 amide bonds. The molecule has 0 spiro atoms. The first kappa shape index (κ1) is 15.2. The van der Waals surface area contributed by atoms with Crippen LogP contribution in [0.2, 0.25) is 0 Å². The number of nitrogens with zero attached hydrogens (tertiary/aromatic N) is 3. The SMILES string of the molecule is CCNc1ncnc(Oc2cc(Br)ccc2C)c1[N+](=O)[O-]. The van der Waals surface area contributed by atoms with Crippen LogP contribution in [0.4, 0.5) is 11.5 Å². The van der Waals surface area contributed by atoms with Crippen LogP contribution in [-0.2, 0) is 0 Å². The Hall–Kier alpha value is -2.22. The molecule has 1 aromatic heterocycles. The highest BCUT2D eigenvalue weighted by molar-refractivity contribution is 9.10. The molecule has 1 aromatic carbocycles. The van der Waals surface area contributed by atoms with E-state index in [-0.39, 0.29) is 17.4 Å². The summed E-state index contributed by atoms with van der Waals surface area (Å²) in [6.07, 6.45) is 1.23. The van der Waals surface area contributed by atoms with Crippen molar-refractivity contribution in [2.75, 3.05) is 11.9 Å². The minimum absolute atomic E-state index is 0.0906. The van der Waals surface area contributed by atoms with Crippen LogP contribution in [0.1, 0.15) is 12.5 Å². The molecule has 7 nitrogen and oxygen atoms in total. The number of nitro groups is 1. The number of aryl methyl sites for hydroxylation is 1. The van der Waals surface area contributed by atoms with Crippen LogP contribution in [0.25, 0.3) is 0 Å². The summed E-state index contributed by atoms with van der Waals surface area (Å²) < 4.78 is 6.42. The molecule has 1 heterocycles. The zero-order chi connectivity index (χ0) is 15.4. The van der Waals surface area contributed by atoms with E-state index in [1.165, 1.54) is 6.33 Å². The van der Waals surface area contributed by atoms with Gasteiger partial charge in [0.1, 0.15) is 12.1 Å². The highest BCUT2D eigenvalue weighted by Gasteiger charge is 2.25. The van der Waals surface area contributed by atoms with Crippen molar-refractivity contribution in [2.24, 2.45) is 0 Å². The highest BCUT2D eigenvalue weighted by Crippen LogP contribution is 2.35. The molecule has 2 aromatic rings. The average molecular weight is 353 g/mol. The molecule has 0 aliphatic carbocycles. The number of hydrogen-bond donors (Lipinski definition) is 1. The molecule has 2 rings (SSSR count). The Morgan fingerprint density at radius 1 is 1.43 bits per heavy atom. The first-order valence-corrected chi connectivity index (χ1v) is 6.99. The molecule has 0 unspecified atom stereocenters. The largest absolute Gasteiger partial charge is 0.433 e. The van der Waals surface area contributed by atoms with E-state index >= 15 is 0 Å². The molecule has 0 radical (unpaired) electrons. The molecular formula is C13H13BrN4O3. The minimum Gasteiger partial charge on any atom is -0.433 e. The first-order valence-electron chi connectivity index (χ1n) is 6.20. The monoisotopic (exact) mass is 352 g/mol. The Labute approximate surface area is 129 Å². The van der Waals surface area contributed by atoms with Gasteiger partial charge in [-0.1, -0.05) is 22.0 Å². The van der Waals surface area contributed by atoms with E-state index in [4.69, 9.17) is 4.74 Å². The normalized spacial score (nSPS) is 10.2. The van der Waals surface area contributed by atoms with E-state index in [0.29, 0.717) is 12.3 Å². The van der Waals surface area contributed by atoms with Crippen LogP contribution in [0.3, 0.4) is 0 Å². The molecular weight excluding hydrogens is 340 g/mol. The smallest absolute Gasteiger partial charge is 0.373 e. The quantitative estimate of drug-likeness (QED) is 0.651. The van der Waals surface area contributed by atoms with Crippen molar-refractivity contribution in [1.82, 2.24) is 9.97 Å². The zero-order valence-electron chi connectivity index (χ0n) is 11.5. The highest BCUT2D eigenvalue weighted by atomic mass is 79.9. The third-order valence-corrected chi connectivity index (χ3v) is 3.17. The van der Waals surface area contributed by atoms with Gasteiger partial charge in [0.05, 0.1) is 4.92 Å². The maximum absolute atomic E-state index is 11.3. The maximum Gasteiger partial charge on any atom is 0.373 e. The standard InChI is InChI=1S/C13H13BrN4O3/c1-3-15-12-11(18(19)20)13(17-7-16-12)21-10-6-9(14)5-4-8(10)2/h4-7H,3H2,1-2H3,(H,15,16,17). The molecule has 0 aliphatic rings. The summed E-state index contributed by atoms with van der Waals surface area (Å²) in [6.45, 7) is 4.18. The molecule has 0 fully saturated rings. The number of benzene rings is 1. The van der Waals surface area contributed by atoms with Crippen LogP contribution in [0.5, 0.6) is 11.6 Å². The van der Waals surface area contributed by atoms with E-state index in [1.54, 1.807) is 6.07 Å². The molecule has 0 saturated carbocycles. The Kier molecular flexibility index (Phi) is 4.69. The van der Waals surface area contributed by atoms with Gasteiger partial charge in [0, 0.05) is 11.0 Å². The first-order chi connectivity index (χ1) is 10.0. The lowest BCUT2D eigenvalue weighted by Gasteiger charge is -2.10. The Balaban J connectivity index is 2.46. The molecule has 8 heteroatoms. The van der Waals surface area contributed by atoms with Crippen molar-refractivity contribution in [2.45, 2.75) is 13.8 Å². The van der Waals surface area contributed by atoms with E-state index in [1.807, 2.05) is 26.0 Å². The molecule has 0 atom stereocenters. The van der Waals surface area contributed by atoms with Crippen molar-refractivity contribution in [3.8, 4) is 11.6 Å². The van der Waals surface area contributed by atoms with E-state index in [0.717, 1.165) is 10.0 Å². The van der Waals surface area contributed by atoms with Crippen LogP contribution in [-0.4, -0.2) is 21.4 Å². The molecule has 110 valence electrons. The van der Waals surface area contributed by atoms with Gasteiger partial charge in [-0.15, -0.1) is 0 Å². The molecule has 0 bridgehead atoms. The number of nitrogens with one attached hydrogen (secondary N) is 1. The van der Waals surface area contributed by atoms with Gasteiger partial charge in [-0.25, -0.2) is 4.98 Å². The van der Waals surface area contributed by atoms with Crippen LogP contribution < -0.4 is 10.1 Å². The zero-order valence-corrected chi connectivity index (χ0v) is 13.0. The van der Waals surface area contributed by atoms with Gasteiger partial charge in [-0.2, -0.15) is 4.98 Å². The number of aromatic nitrogens is 2. The van der Waals surface area contributed by atoms with Crippen molar-refractivity contribution >= 4 is 27.4 Å². The lowest BCUT2D eigenvalue weighted by molar-refractivity contribution is -0.385. The number of rotatable bonds is 5. The second kappa shape index (κ2) is 6.49. The third kappa shape index (κ3) is 3.46. The van der Waals surface area contributed by atoms with Crippen LogP contribution in [0.15, 0.2) is 29.0 Å². The van der Waals surface area contributed by atoms with Crippen molar-refractivity contribution < 1.29 is 9.66 Å². The van der Waals surface area contributed by atoms with Gasteiger partial charge in [-0.05, 0) is 31.5 Å². The van der Waals surface area contributed by atoms with E-state index in [9.17, 15) is 10.1 Å². The summed E-state index contributed by atoms with van der Waals surface area (Å²) >= 11 is 3.34. The summed E-state index contributed by atoms with van der Waals surface area (Å²) in [5, 5.41) is 14.1. The second-order valence-corrected chi connectivity index (χ2v) is 5.09. The minimum atomic E-state index is -0.555. The van der Waals surface area contributed by atoms with Crippen molar-refractivity contribution in [3.63, 3.8) is 0 Å². The topological polar surface area (TPSA) is 90.2 Å². The van der Waals surface area contributed by atoms with Gasteiger partial charge in [0.25, 0.3) is 0 Å². The Morgan fingerprint density at radius 2 is 2.19 bits per heavy atom. The Morgan fingerprint density at radius 3 is 2.86 bits per heavy atom. The third-order valence-electron chi connectivity index (χ3n) is 2.67. The van der Waals surface area contributed by atoms with Gasteiger partial charge in [0.15, 0.2) is 0 Å². The number of anilines is 1. The second-order valence-electron chi connectivity index (χ2n) is 4.18. The van der Waals surface area contributed by atoms with Gasteiger partial charge in [0.2, 0.25) is 5.82 Å². The number of ether oxygens (including phenoxy) is 1. The number of halogens is 1. The summed E-state index contributed by atoms with van der Waals surface area (Å²) in [6, 6.07) is 5.44. The number of hydrogen-bond acceptors (Lipinski definition) is 6. The lowest BCUT2D eigenvalue weighted by atomic mass is 10.2. The van der Waals surface area contributed by atoms with Crippen LogP contribution >= 0.6 is 15.9 Å². The van der Waals surface area contributed by atoms with Crippen molar-refractivity contribution in [3.05, 3.63) is 44.7 Å². The van der Waals surface area contributed by atoms with Gasteiger partial charge < -0.3 is 10.1 Å². The summed E-state index contributed by atoms with van der Waals surface area (Å²) in [5.74, 6) is 0.543. The fraction of sp³-hybridized carbons (Fsp3) is 0.231. The lowest BCUT2D eigenvalue weighted by Crippen LogP contribution is -2.06. The molecule has 21 heavy (non-hydrogen) atoms. The molecule has 1 N–H and O–H groups in total. The average Bonchev–Trinajstić information content (AvgIpc) is 2.43. The predicted molar refractivity (Wildman–Crippen MR) is 81.8 cm³/mol. The summed E-state index contributed by atoms with van der Waals surface area (Å²) in [5.41, 5.74) is 0.565.